The quantitative estimate of drug-likeness (QED) is 0.447. The van der Waals surface area contributed by atoms with Crippen LogP contribution in [0.2, 0.25) is 0 Å². The SMILES string of the molecule is CC(C)(C)OC(=O)NCC1(CN(NC(=O)OC(C)(C)C)C(=O)OC(C)(C)C)CCCCC1. The molecule has 186 valence electrons. The van der Waals surface area contributed by atoms with E-state index in [-0.39, 0.29) is 6.54 Å². The number of hydrazine groups is 1. The lowest BCUT2D eigenvalue weighted by Gasteiger charge is -2.41. The Kier molecular flexibility index (Phi) is 9.24. The molecule has 1 fully saturated rings. The molecule has 0 spiro atoms. The molecule has 2 N–H and O–H groups in total. The van der Waals surface area contributed by atoms with Crippen molar-refractivity contribution in [3.05, 3.63) is 0 Å². The second-order valence-corrected chi connectivity index (χ2v) is 11.6. The Morgan fingerprint density at radius 1 is 0.750 bits per heavy atom. The fourth-order valence-corrected chi connectivity index (χ4v) is 3.48. The smallest absolute Gasteiger partial charge is 0.429 e. The molecule has 1 saturated carbocycles. The van der Waals surface area contributed by atoms with E-state index < -0.39 is 40.5 Å². The van der Waals surface area contributed by atoms with Gasteiger partial charge in [-0.15, -0.1) is 0 Å². The first-order valence-corrected chi connectivity index (χ1v) is 11.4. The van der Waals surface area contributed by atoms with Crippen LogP contribution in [0.5, 0.6) is 0 Å². The van der Waals surface area contributed by atoms with Crippen molar-refractivity contribution in [1.29, 1.82) is 0 Å². The van der Waals surface area contributed by atoms with Gasteiger partial charge >= 0.3 is 18.3 Å². The first-order chi connectivity index (χ1) is 14.4. The summed E-state index contributed by atoms with van der Waals surface area (Å²) in [5.41, 5.74) is 0.0571. The normalized spacial score (nSPS) is 16.5. The minimum Gasteiger partial charge on any atom is -0.444 e. The summed E-state index contributed by atoms with van der Waals surface area (Å²) in [6.45, 7) is 16.4. The average Bonchev–Trinajstić information content (AvgIpc) is 2.56. The third-order valence-corrected chi connectivity index (χ3v) is 4.65. The summed E-state index contributed by atoms with van der Waals surface area (Å²) in [5.74, 6) is 0. The second kappa shape index (κ2) is 10.6. The molecule has 0 unspecified atom stereocenters. The maximum Gasteiger partial charge on any atom is 0.429 e. The Labute approximate surface area is 192 Å². The molecular formula is C23H43N3O6. The van der Waals surface area contributed by atoms with Gasteiger partial charge in [-0.3, -0.25) is 0 Å². The van der Waals surface area contributed by atoms with Gasteiger partial charge in [-0.2, -0.15) is 0 Å². The third-order valence-electron chi connectivity index (χ3n) is 4.65. The highest BCUT2D eigenvalue weighted by Crippen LogP contribution is 2.37. The molecule has 9 heteroatoms. The van der Waals surface area contributed by atoms with E-state index in [1.165, 1.54) is 5.01 Å². The second-order valence-electron chi connectivity index (χ2n) is 11.6. The van der Waals surface area contributed by atoms with Crippen molar-refractivity contribution in [2.75, 3.05) is 13.1 Å². The Bertz CT molecular complexity index is 652. The molecule has 0 aromatic heterocycles. The number of alkyl carbamates (subject to hydrolysis) is 1. The first-order valence-electron chi connectivity index (χ1n) is 11.4. The first kappa shape index (κ1) is 27.8. The highest BCUT2D eigenvalue weighted by atomic mass is 16.6. The van der Waals surface area contributed by atoms with Crippen LogP contribution in [0.15, 0.2) is 0 Å². The van der Waals surface area contributed by atoms with E-state index in [9.17, 15) is 14.4 Å². The van der Waals surface area contributed by atoms with Crippen molar-refractivity contribution in [3.8, 4) is 0 Å². The van der Waals surface area contributed by atoms with E-state index in [0.717, 1.165) is 32.1 Å². The standard InChI is InChI=1S/C23H43N3O6/c1-20(2,3)30-17(27)24-15-23(13-11-10-12-14-23)16-26(19(29)32-22(7,8)9)25-18(28)31-21(4,5)6/h10-16H2,1-9H3,(H,24,27)(H,25,28). The van der Waals surface area contributed by atoms with Crippen molar-refractivity contribution < 1.29 is 28.6 Å². The maximum atomic E-state index is 12.9. The minimum absolute atomic E-state index is 0.178. The van der Waals surface area contributed by atoms with E-state index in [1.54, 1.807) is 62.3 Å². The van der Waals surface area contributed by atoms with Crippen LogP contribution in [0, 0.1) is 5.41 Å². The van der Waals surface area contributed by atoms with E-state index in [4.69, 9.17) is 14.2 Å². The molecule has 0 radical (unpaired) electrons. The van der Waals surface area contributed by atoms with Gasteiger partial charge in [-0.25, -0.2) is 24.8 Å². The number of ether oxygens (including phenoxy) is 3. The monoisotopic (exact) mass is 457 g/mol. The molecule has 3 amide bonds. The Morgan fingerprint density at radius 3 is 1.69 bits per heavy atom. The van der Waals surface area contributed by atoms with Crippen LogP contribution in [0.25, 0.3) is 0 Å². The van der Waals surface area contributed by atoms with Crippen LogP contribution < -0.4 is 10.7 Å². The van der Waals surface area contributed by atoms with Crippen LogP contribution >= 0.6 is 0 Å². The van der Waals surface area contributed by atoms with E-state index >= 15 is 0 Å². The van der Waals surface area contributed by atoms with Crippen molar-refractivity contribution in [2.24, 2.45) is 5.41 Å². The highest BCUT2D eigenvalue weighted by molar-refractivity contribution is 5.74. The van der Waals surface area contributed by atoms with Crippen LogP contribution in [0.1, 0.15) is 94.4 Å². The summed E-state index contributed by atoms with van der Waals surface area (Å²) < 4.78 is 16.2. The zero-order valence-corrected chi connectivity index (χ0v) is 21.3. The zero-order valence-electron chi connectivity index (χ0n) is 21.3. The Hall–Kier alpha value is -2.19. The number of carbonyl (C=O) groups is 3. The van der Waals surface area contributed by atoms with Gasteiger partial charge in [-0.05, 0) is 75.2 Å². The molecule has 0 atom stereocenters. The average molecular weight is 458 g/mol. The predicted molar refractivity (Wildman–Crippen MR) is 122 cm³/mol. The molecule has 9 nitrogen and oxygen atoms in total. The van der Waals surface area contributed by atoms with Crippen molar-refractivity contribution in [3.63, 3.8) is 0 Å². The molecule has 0 aromatic carbocycles. The number of hydrogen-bond acceptors (Lipinski definition) is 6. The fraction of sp³-hybridized carbons (Fsp3) is 0.870. The van der Waals surface area contributed by atoms with E-state index in [2.05, 4.69) is 10.7 Å². The molecule has 0 saturated heterocycles. The van der Waals surface area contributed by atoms with Gasteiger partial charge in [0.15, 0.2) is 0 Å². The van der Waals surface area contributed by atoms with Crippen LogP contribution in [-0.4, -0.2) is 53.2 Å². The van der Waals surface area contributed by atoms with Gasteiger partial charge in [0.05, 0.1) is 6.54 Å². The van der Waals surface area contributed by atoms with Crippen LogP contribution in [-0.2, 0) is 14.2 Å². The molecule has 0 heterocycles. The van der Waals surface area contributed by atoms with Crippen LogP contribution in [0.4, 0.5) is 14.4 Å². The number of amides is 3. The van der Waals surface area contributed by atoms with E-state index in [1.807, 2.05) is 0 Å². The summed E-state index contributed by atoms with van der Waals surface area (Å²) in [7, 11) is 0. The summed E-state index contributed by atoms with van der Waals surface area (Å²) in [4.78, 5) is 37.6. The molecule has 1 rings (SSSR count). The van der Waals surface area contributed by atoms with Gasteiger partial charge in [-0.1, -0.05) is 19.3 Å². The van der Waals surface area contributed by atoms with Crippen LogP contribution in [0.3, 0.4) is 0 Å². The number of nitrogens with one attached hydrogen (secondary N) is 2. The summed E-state index contributed by atoms with van der Waals surface area (Å²) in [6.07, 6.45) is 2.66. The highest BCUT2D eigenvalue weighted by Gasteiger charge is 2.38. The van der Waals surface area contributed by atoms with E-state index in [0.29, 0.717) is 6.54 Å². The predicted octanol–water partition coefficient (Wildman–Crippen LogP) is 5.14. The Morgan fingerprint density at radius 2 is 1.22 bits per heavy atom. The lowest BCUT2D eigenvalue weighted by Crippen LogP contribution is -2.56. The molecule has 1 aliphatic rings. The Balaban J connectivity index is 3.03. The minimum atomic E-state index is -0.741. The summed E-state index contributed by atoms with van der Waals surface area (Å²) in [6, 6.07) is 0. The summed E-state index contributed by atoms with van der Waals surface area (Å²) >= 11 is 0. The zero-order chi connectivity index (χ0) is 24.8. The van der Waals surface area contributed by atoms with Gasteiger partial charge in [0.1, 0.15) is 16.8 Å². The van der Waals surface area contributed by atoms with Crippen molar-refractivity contribution in [2.45, 2.75) is 111 Å². The number of carbonyl (C=O) groups excluding carboxylic acids is 3. The van der Waals surface area contributed by atoms with Gasteiger partial charge in [0.2, 0.25) is 0 Å². The lowest BCUT2D eigenvalue weighted by molar-refractivity contribution is -0.0138. The summed E-state index contributed by atoms with van der Waals surface area (Å²) in [5, 5.41) is 4.02. The number of nitrogens with zero attached hydrogens (tertiary/aromatic N) is 1. The molecule has 1 aliphatic carbocycles. The maximum absolute atomic E-state index is 12.9. The molecule has 0 bridgehead atoms. The number of rotatable bonds is 4. The van der Waals surface area contributed by atoms with Crippen molar-refractivity contribution >= 4 is 18.3 Å². The van der Waals surface area contributed by atoms with Gasteiger partial charge in [0, 0.05) is 12.0 Å². The van der Waals surface area contributed by atoms with Gasteiger partial charge < -0.3 is 19.5 Å². The molecule has 32 heavy (non-hydrogen) atoms. The lowest BCUT2D eigenvalue weighted by atomic mass is 9.73. The molecule has 0 aromatic rings. The fourth-order valence-electron chi connectivity index (χ4n) is 3.48. The van der Waals surface area contributed by atoms with Gasteiger partial charge in [0.25, 0.3) is 0 Å². The molecular weight excluding hydrogens is 414 g/mol. The third kappa shape index (κ3) is 11.4. The topological polar surface area (TPSA) is 106 Å². The number of hydrogen-bond donors (Lipinski definition) is 2. The molecule has 0 aliphatic heterocycles. The largest absolute Gasteiger partial charge is 0.444 e. The van der Waals surface area contributed by atoms with Crippen molar-refractivity contribution in [1.82, 2.24) is 15.8 Å².